The molecule has 0 bridgehead atoms. The highest BCUT2D eigenvalue weighted by atomic mass is 19.4. The summed E-state index contributed by atoms with van der Waals surface area (Å²) in [6, 6.07) is 0. The van der Waals surface area contributed by atoms with E-state index in [1.165, 1.54) is 6.21 Å². The molecule has 1 aliphatic heterocycles. The predicted octanol–water partition coefficient (Wildman–Crippen LogP) is 1.91. The predicted molar refractivity (Wildman–Crippen MR) is 27.2 cm³/mol. The summed E-state index contributed by atoms with van der Waals surface area (Å²) < 4.78 is 34.7. The van der Waals surface area contributed by atoms with Crippen LogP contribution < -0.4 is 0 Å². The van der Waals surface area contributed by atoms with Gasteiger partial charge < -0.3 is 0 Å². The first-order chi connectivity index (χ1) is 4.11. The molecule has 0 aromatic rings. The third kappa shape index (κ3) is 1.31. The Hall–Kier alpha value is -0.800. The monoisotopic (exact) mass is 135 g/mol. The third-order valence-electron chi connectivity index (χ3n) is 0.937. The fourth-order valence-electron chi connectivity index (χ4n) is 0.557. The van der Waals surface area contributed by atoms with Crippen molar-refractivity contribution in [1.29, 1.82) is 0 Å². The van der Waals surface area contributed by atoms with E-state index in [9.17, 15) is 13.2 Å². The van der Waals surface area contributed by atoms with Crippen LogP contribution >= 0.6 is 0 Å². The number of nitrogens with zero attached hydrogens (tertiary/aromatic N) is 1. The van der Waals surface area contributed by atoms with Gasteiger partial charge in [-0.05, 0) is 6.08 Å². The molecular formula is C5H4F3N. The minimum absolute atomic E-state index is 0.300. The molecule has 9 heavy (non-hydrogen) atoms. The van der Waals surface area contributed by atoms with Gasteiger partial charge >= 0.3 is 6.18 Å². The van der Waals surface area contributed by atoms with Crippen LogP contribution in [0.15, 0.2) is 16.8 Å². The zero-order chi connectivity index (χ0) is 6.91. The van der Waals surface area contributed by atoms with Gasteiger partial charge in [0.15, 0.2) is 0 Å². The van der Waals surface area contributed by atoms with Crippen LogP contribution in [0, 0.1) is 0 Å². The molecule has 1 aliphatic rings. The number of allylic oxidation sites excluding steroid dienone is 2. The van der Waals surface area contributed by atoms with Crippen LogP contribution in [0.4, 0.5) is 13.2 Å². The average Bonchev–Trinajstić information content (AvgIpc) is 2.08. The molecule has 0 atom stereocenters. The molecule has 0 radical (unpaired) electrons. The Kier molecular flexibility index (Phi) is 1.31. The molecule has 4 heteroatoms. The maximum Gasteiger partial charge on any atom is 0.433 e. The van der Waals surface area contributed by atoms with Crippen molar-refractivity contribution in [3.05, 3.63) is 11.8 Å². The van der Waals surface area contributed by atoms with E-state index in [1.54, 1.807) is 0 Å². The van der Waals surface area contributed by atoms with Crippen molar-refractivity contribution in [2.75, 3.05) is 0 Å². The third-order valence-corrected chi connectivity index (χ3v) is 0.937. The molecule has 0 saturated carbocycles. The Balaban J connectivity index is 2.73. The highest BCUT2D eigenvalue weighted by molar-refractivity contribution is 5.65. The summed E-state index contributed by atoms with van der Waals surface area (Å²) >= 11 is 0. The molecule has 0 fully saturated rings. The SMILES string of the molecule is FC(F)(F)C1=CCC=N1. The summed E-state index contributed by atoms with van der Waals surface area (Å²) in [5.74, 6) is 0. The molecule has 1 nitrogen and oxygen atoms in total. The molecule has 0 saturated heterocycles. The molecule has 0 spiro atoms. The zero-order valence-corrected chi connectivity index (χ0v) is 4.44. The number of hydrogen-bond donors (Lipinski definition) is 0. The lowest BCUT2D eigenvalue weighted by atomic mass is 10.4. The molecule has 1 rings (SSSR count). The summed E-state index contributed by atoms with van der Waals surface area (Å²) in [4.78, 5) is 3.12. The number of hydrogen-bond acceptors (Lipinski definition) is 1. The van der Waals surface area contributed by atoms with Crippen molar-refractivity contribution in [3.63, 3.8) is 0 Å². The van der Waals surface area contributed by atoms with E-state index in [1.807, 2.05) is 0 Å². The van der Waals surface area contributed by atoms with Crippen LogP contribution in [-0.2, 0) is 0 Å². The zero-order valence-electron chi connectivity index (χ0n) is 4.44. The maximum absolute atomic E-state index is 11.6. The van der Waals surface area contributed by atoms with E-state index < -0.39 is 11.9 Å². The first-order valence-corrected chi connectivity index (χ1v) is 2.40. The van der Waals surface area contributed by atoms with Crippen LogP contribution in [0.25, 0.3) is 0 Å². The fourth-order valence-corrected chi connectivity index (χ4v) is 0.557. The Morgan fingerprint density at radius 3 is 2.33 bits per heavy atom. The first kappa shape index (κ1) is 6.32. The van der Waals surface area contributed by atoms with E-state index >= 15 is 0 Å². The summed E-state index contributed by atoms with van der Waals surface area (Å²) in [6.45, 7) is 0. The molecule has 0 unspecified atom stereocenters. The van der Waals surface area contributed by atoms with Gasteiger partial charge in [-0.3, -0.25) is 4.99 Å². The van der Waals surface area contributed by atoms with Gasteiger partial charge in [0.1, 0.15) is 5.70 Å². The highest BCUT2D eigenvalue weighted by Crippen LogP contribution is 2.28. The molecule has 0 aromatic carbocycles. The van der Waals surface area contributed by atoms with Gasteiger partial charge in [-0.1, -0.05) is 0 Å². The van der Waals surface area contributed by atoms with Gasteiger partial charge in [-0.15, -0.1) is 0 Å². The molecule has 0 N–H and O–H groups in total. The summed E-state index contributed by atoms with van der Waals surface area (Å²) in [5, 5.41) is 0. The first-order valence-electron chi connectivity index (χ1n) is 2.40. The standard InChI is InChI=1S/C5H4F3N/c6-5(7,8)4-2-1-3-9-4/h2-3H,1H2. The number of alkyl halides is 3. The molecule has 0 aromatic heterocycles. The topological polar surface area (TPSA) is 12.4 Å². The molecule has 0 amide bonds. The maximum atomic E-state index is 11.6. The second kappa shape index (κ2) is 1.86. The quantitative estimate of drug-likeness (QED) is 0.481. The number of aliphatic imine (C=N–C) groups is 1. The van der Waals surface area contributed by atoms with E-state index in [4.69, 9.17) is 0 Å². The Labute approximate surface area is 49.9 Å². The van der Waals surface area contributed by atoms with E-state index in [0.717, 1.165) is 6.08 Å². The van der Waals surface area contributed by atoms with Gasteiger partial charge in [0.05, 0.1) is 0 Å². The largest absolute Gasteiger partial charge is 0.433 e. The van der Waals surface area contributed by atoms with E-state index in [-0.39, 0.29) is 0 Å². The minimum Gasteiger partial charge on any atom is -0.256 e. The lowest BCUT2D eigenvalue weighted by Crippen LogP contribution is -2.08. The van der Waals surface area contributed by atoms with Crippen LogP contribution in [0.2, 0.25) is 0 Å². The van der Waals surface area contributed by atoms with Crippen molar-refractivity contribution in [3.8, 4) is 0 Å². The Bertz CT molecular complexity index is 166. The smallest absolute Gasteiger partial charge is 0.256 e. The van der Waals surface area contributed by atoms with Crippen molar-refractivity contribution in [2.45, 2.75) is 12.6 Å². The summed E-state index contributed by atoms with van der Waals surface area (Å²) in [6.07, 6.45) is -1.66. The van der Waals surface area contributed by atoms with E-state index in [0.29, 0.717) is 6.42 Å². The Morgan fingerprint density at radius 1 is 1.44 bits per heavy atom. The fraction of sp³-hybridized carbons (Fsp3) is 0.400. The van der Waals surface area contributed by atoms with Crippen molar-refractivity contribution in [1.82, 2.24) is 0 Å². The number of halogens is 3. The van der Waals surface area contributed by atoms with Gasteiger partial charge in [-0.25, -0.2) is 0 Å². The van der Waals surface area contributed by atoms with Crippen molar-refractivity contribution in [2.24, 2.45) is 4.99 Å². The van der Waals surface area contributed by atoms with Crippen LogP contribution in [0.1, 0.15) is 6.42 Å². The second-order valence-electron chi connectivity index (χ2n) is 1.63. The van der Waals surface area contributed by atoms with Crippen LogP contribution in [0.5, 0.6) is 0 Å². The Morgan fingerprint density at radius 2 is 2.11 bits per heavy atom. The van der Waals surface area contributed by atoms with E-state index in [2.05, 4.69) is 4.99 Å². The normalized spacial score (nSPS) is 18.3. The lowest BCUT2D eigenvalue weighted by molar-refractivity contribution is -0.0920. The average molecular weight is 135 g/mol. The second-order valence-corrected chi connectivity index (χ2v) is 1.63. The number of rotatable bonds is 0. The van der Waals surface area contributed by atoms with Gasteiger partial charge in [-0.2, -0.15) is 13.2 Å². The summed E-state index contributed by atoms with van der Waals surface area (Å²) in [5.41, 5.74) is -0.775. The van der Waals surface area contributed by atoms with Crippen molar-refractivity contribution >= 4 is 6.21 Å². The van der Waals surface area contributed by atoms with Gasteiger partial charge in [0.2, 0.25) is 0 Å². The highest BCUT2D eigenvalue weighted by Gasteiger charge is 2.34. The minimum atomic E-state index is -4.26. The molecule has 1 heterocycles. The van der Waals surface area contributed by atoms with Crippen LogP contribution in [0.3, 0.4) is 0 Å². The summed E-state index contributed by atoms with van der Waals surface area (Å²) in [7, 11) is 0. The van der Waals surface area contributed by atoms with Gasteiger partial charge in [0, 0.05) is 12.6 Å². The van der Waals surface area contributed by atoms with Crippen LogP contribution in [-0.4, -0.2) is 12.4 Å². The molecule has 0 aliphatic carbocycles. The van der Waals surface area contributed by atoms with Gasteiger partial charge in [0.25, 0.3) is 0 Å². The molecular weight excluding hydrogens is 131 g/mol. The van der Waals surface area contributed by atoms with Crippen molar-refractivity contribution < 1.29 is 13.2 Å². The molecule has 50 valence electrons. The lowest BCUT2D eigenvalue weighted by Gasteiger charge is -2.01.